The third-order valence-electron chi connectivity index (χ3n) is 2.18. The Kier molecular flexibility index (Phi) is 3.38. The molecule has 0 fully saturated rings. The van der Waals surface area contributed by atoms with Crippen molar-refractivity contribution in [2.45, 2.75) is 19.4 Å². The van der Waals surface area contributed by atoms with Gasteiger partial charge < -0.3 is 11.1 Å². The van der Waals surface area contributed by atoms with E-state index < -0.39 is 0 Å². The minimum absolute atomic E-state index is 0.0347. The summed E-state index contributed by atoms with van der Waals surface area (Å²) in [5.74, 6) is -0.0835. The van der Waals surface area contributed by atoms with E-state index in [1.807, 2.05) is 24.4 Å². The maximum atomic E-state index is 11.7. The van der Waals surface area contributed by atoms with E-state index in [0.29, 0.717) is 0 Å². The molecule has 0 aliphatic heterocycles. The van der Waals surface area contributed by atoms with Gasteiger partial charge in [-0.25, -0.2) is 0 Å². The van der Waals surface area contributed by atoms with Crippen LogP contribution in [0.1, 0.15) is 22.4 Å². The number of aromatic amines is 1. The normalized spacial score (nSPS) is 12.3. The second kappa shape index (κ2) is 4.96. The van der Waals surface area contributed by atoms with E-state index in [1.54, 1.807) is 11.3 Å². The molecule has 0 saturated carbocycles. The van der Waals surface area contributed by atoms with Crippen molar-refractivity contribution in [3.05, 3.63) is 28.2 Å². The number of hydrogen-bond acceptors (Lipinski definition) is 5. The Bertz CT molecular complexity index is 493. The van der Waals surface area contributed by atoms with E-state index in [1.165, 1.54) is 4.88 Å². The van der Waals surface area contributed by atoms with E-state index in [0.717, 1.165) is 6.42 Å². The second-order valence-corrected chi connectivity index (χ2v) is 4.73. The van der Waals surface area contributed by atoms with Crippen molar-refractivity contribution in [3.63, 3.8) is 0 Å². The van der Waals surface area contributed by atoms with E-state index in [2.05, 4.69) is 20.5 Å². The summed E-state index contributed by atoms with van der Waals surface area (Å²) in [5.41, 5.74) is 5.33. The number of nitrogen functional groups attached to an aromatic ring is 1. The van der Waals surface area contributed by atoms with Crippen LogP contribution in [0, 0.1) is 0 Å². The molecule has 7 heteroatoms. The van der Waals surface area contributed by atoms with Gasteiger partial charge in [-0.3, -0.25) is 9.89 Å². The van der Waals surface area contributed by atoms with Crippen molar-refractivity contribution in [2.75, 3.05) is 5.73 Å². The predicted octanol–water partition coefficient (Wildman–Crippen LogP) is 0.809. The van der Waals surface area contributed by atoms with Crippen molar-refractivity contribution in [3.8, 4) is 0 Å². The fourth-order valence-corrected chi connectivity index (χ4v) is 2.29. The minimum atomic E-state index is -0.293. The Morgan fingerprint density at radius 2 is 2.53 bits per heavy atom. The number of hydrogen-bond donors (Lipinski definition) is 3. The molecule has 0 saturated heterocycles. The van der Waals surface area contributed by atoms with Gasteiger partial charge in [-0.15, -0.1) is 16.4 Å². The van der Waals surface area contributed by atoms with Crippen LogP contribution in [0.3, 0.4) is 0 Å². The number of nitrogens with two attached hydrogens (primary N) is 1. The number of carbonyl (C=O) groups is 1. The molecule has 17 heavy (non-hydrogen) atoms. The highest BCUT2D eigenvalue weighted by molar-refractivity contribution is 7.09. The largest absolute Gasteiger partial charge is 0.366 e. The zero-order chi connectivity index (χ0) is 12.3. The van der Waals surface area contributed by atoms with Crippen LogP contribution in [-0.4, -0.2) is 27.1 Å². The van der Waals surface area contributed by atoms with Crippen molar-refractivity contribution < 1.29 is 4.79 Å². The Labute approximate surface area is 102 Å². The topological polar surface area (TPSA) is 96.7 Å². The van der Waals surface area contributed by atoms with Crippen molar-refractivity contribution in [1.82, 2.24) is 20.5 Å². The first-order valence-corrected chi connectivity index (χ1v) is 6.04. The van der Waals surface area contributed by atoms with Crippen molar-refractivity contribution in [1.29, 1.82) is 0 Å². The summed E-state index contributed by atoms with van der Waals surface area (Å²) in [7, 11) is 0. The lowest BCUT2D eigenvalue weighted by molar-refractivity contribution is 0.0930. The third-order valence-corrected chi connectivity index (χ3v) is 3.08. The van der Waals surface area contributed by atoms with Gasteiger partial charge in [0.25, 0.3) is 5.91 Å². The summed E-state index contributed by atoms with van der Waals surface area (Å²) in [4.78, 5) is 16.7. The molecule has 0 spiro atoms. The molecule has 1 unspecified atom stereocenters. The van der Waals surface area contributed by atoms with Gasteiger partial charge in [-0.05, 0) is 18.4 Å². The summed E-state index contributed by atoms with van der Waals surface area (Å²) in [6.07, 6.45) is 0.799. The van der Waals surface area contributed by atoms with Crippen molar-refractivity contribution in [2.24, 2.45) is 0 Å². The molecule has 4 N–H and O–H groups in total. The highest BCUT2D eigenvalue weighted by Crippen LogP contribution is 2.11. The first-order valence-electron chi connectivity index (χ1n) is 5.16. The van der Waals surface area contributed by atoms with Crippen molar-refractivity contribution >= 4 is 23.2 Å². The lowest BCUT2D eigenvalue weighted by Gasteiger charge is -2.11. The molecule has 2 heterocycles. The molecule has 0 aliphatic rings. The first-order chi connectivity index (χ1) is 8.15. The average molecular weight is 251 g/mol. The zero-order valence-corrected chi connectivity index (χ0v) is 10.1. The van der Waals surface area contributed by atoms with Gasteiger partial charge in [0.05, 0.1) is 0 Å². The fourth-order valence-electron chi connectivity index (χ4n) is 1.45. The number of thiophene rings is 1. The summed E-state index contributed by atoms with van der Waals surface area (Å²) < 4.78 is 0. The molecule has 0 aromatic carbocycles. The van der Waals surface area contributed by atoms with Gasteiger partial charge in [-0.2, -0.15) is 4.98 Å². The van der Waals surface area contributed by atoms with Crippen LogP contribution in [0.4, 0.5) is 5.95 Å². The SMILES string of the molecule is CC(Cc1cccs1)NC(=O)c1nc(N)n[nH]1. The molecule has 0 aliphatic carbocycles. The summed E-state index contributed by atoms with van der Waals surface area (Å²) >= 11 is 1.67. The van der Waals surface area contributed by atoms with E-state index in [-0.39, 0.29) is 23.7 Å². The number of H-pyrrole nitrogens is 1. The molecule has 2 aromatic heterocycles. The molecule has 0 radical (unpaired) electrons. The molecule has 2 rings (SSSR count). The second-order valence-electron chi connectivity index (χ2n) is 3.70. The van der Waals surface area contributed by atoms with Crippen LogP contribution < -0.4 is 11.1 Å². The monoisotopic (exact) mass is 251 g/mol. The number of nitrogens with zero attached hydrogens (tertiary/aromatic N) is 2. The van der Waals surface area contributed by atoms with E-state index in [9.17, 15) is 4.79 Å². The summed E-state index contributed by atoms with van der Waals surface area (Å²) in [6, 6.07) is 4.07. The van der Waals surface area contributed by atoms with Crippen LogP contribution in [0.2, 0.25) is 0 Å². The number of amides is 1. The molecule has 90 valence electrons. The molecule has 0 bridgehead atoms. The van der Waals surface area contributed by atoms with Gasteiger partial charge in [0.2, 0.25) is 11.8 Å². The number of rotatable bonds is 4. The maximum absolute atomic E-state index is 11.7. The number of nitrogens with one attached hydrogen (secondary N) is 2. The maximum Gasteiger partial charge on any atom is 0.288 e. The third kappa shape index (κ3) is 3.04. The van der Waals surface area contributed by atoms with Gasteiger partial charge in [0.1, 0.15) is 0 Å². The van der Waals surface area contributed by atoms with Crippen LogP contribution in [0.5, 0.6) is 0 Å². The van der Waals surface area contributed by atoms with Gasteiger partial charge in [0.15, 0.2) is 0 Å². The van der Waals surface area contributed by atoms with E-state index >= 15 is 0 Å². The van der Waals surface area contributed by atoms with E-state index in [4.69, 9.17) is 5.73 Å². The smallest absolute Gasteiger partial charge is 0.288 e. The van der Waals surface area contributed by atoms with Gasteiger partial charge in [0, 0.05) is 17.3 Å². The Morgan fingerprint density at radius 3 is 3.12 bits per heavy atom. The first kappa shape index (κ1) is 11.6. The molecular weight excluding hydrogens is 238 g/mol. The number of aromatic nitrogens is 3. The lowest BCUT2D eigenvalue weighted by Crippen LogP contribution is -2.34. The number of carbonyl (C=O) groups excluding carboxylic acids is 1. The molecule has 1 amide bonds. The Morgan fingerprint density at radius 1 is 1.71 bits per heavy atom. The summed E-state index contributed by atoms with van der Waals surface area (Å²) in [6.45, 7) is 1.94. The highest BCUT2D eigenvalue weighted by atomic mass is 32.1. The van der Waals surface area contributed by atoms with Gasteiger partial charge in [-0.1, -0.05) is 6.07 Å². The standard InChI is InChI=1S/C10H13N5OS/c1-6(5-7-3-2-4-17-7)12-9(16)8-13-10(11)15-14-8/h2-4,6H,5H2,1H3,(H,12,16)(H3,11,13,14,15). The molecule has 2 aromatic rings. The lowest BCUT2D eigenvalue weighted by atomic mass is 10.2. The van der Waals surface area contributed by atoms with Gasteiger partial charge >= 0.3 is 0 Å². The van der Waals surface area contributed by atoms with Crippen LogP contribution >= 0.6 is 11.3 Å². The zero-order valence-electron chi connectivity index (χ0n) is 9.30. The molecular formula is C10H13N5OS. The molecule has 1 atom stereocenters. The Balaban J connectivity index is 1.90. The highest BCUT2D eigenvalue weighted by Gasteiger charge is 2.13. The minimum Gasteiger partial charge on any atom is -0.366 e. The fraction of sp³-hybridized carbons (Fsp3) is 0.300. The summed E-state index contributed by atoms with van der Waals surface area (Å²) in [5, 5.41) is 10.9. The predicted molar refractivity (Wildman–Crippen MR) is 65.7 cm³/mol. The Hall–Kier alpha value is -1.89. The molecule has 6 nitrogen and oxygen atoms in total. The van der Waals surface area contributed by atoms with Crippen LogP contribution in [0.25, 0.3) is 0 Å². The average Bonchev–Trinajstić information content (AvgIpc) is 2.89. The quantitative estimate of drug-likeness (QED) is 0.749. The van der Waals surface area contributed by atoms with Crippen LogP contribution in [-0.2, 0) is 6.42 Å². The van der Waals surface area contributed by atoms with Crippen LogP contribution in [0.15, 0.2) is 17.5 Å². The number of anilines is 1.